The Hall–Kier alpha value is -3.81. The SMILES string of the molecule is O=C1Nc2cc(-c3ccc(NS(=O)(=O)c4cccc(Cl)c4)cc3)ccc2/C1=C/c1ccc[nH]1. The van der Waals surface area contributed by atoms with Crippen LogP contribution in [-0.2, 0) is 14.8 Å². The van der Waals surface area contributed by atoms with E-state index in [-0.39, 0.29) is 10.8 Å². The molecule has 1 amide bonds. The van der Waals surface area contributed by atoms with Gasteiger partial charge in [-0.05, 0) is 65.7 Å². The van der Waals surface area contributed by atoms with Crippen LogP contribution in [0.25, 0.3) is 22.8 Å². The van der Waals surface area contributed by atoms with E-state index in [0.717, 1.165) is 28.1 Å². The fourth-order valence-corrected chi connectivity index (χ4v) is 5.04. The first-order chi connectivity index (χ1) is 15.9. The van der Waals surface area contributed by atoms with Crippen LogP contribution in [0.15, 0.2) is 90.0 Å². The summed E-state index contributed by atoms with van der Waals surface area (Å²) in [5, 5.41) is 3.26. The summed E-state index contributed by atoms with van der Waals surface area (Å²) < 4.78 is 27.7. The molecule has 3 aromatic carbocycles. The number of sulfonamides is 1. The topological polar surface area (TPSA) is 91.1 Å². The van der Waals surface area contributed by atoms with Crippen LogP contribution in [0.3, 0.4) is 0 Å². The third kappa shape index (κ3) is 4.28. The van der Waals surface area contributed by atoms with Crippen molar-refractivity contribution in [3.63, 3.8) is 0 Å². The molecule has 33 heavy (non-hydrogen) atoms. The number of carbonyl (C=O) groups is 1. The van der Waals surface area contributed by atoms with E-state index < -0.39 is 10.0 Å². The maximum absolute atomic E-state index is 12.6. The number of carbonyl (C=O) groups excluding carboxylic acids is 1. The molecule has 1 aliphatic rings. The molecule has 0 spiro atoms. The van der Waals surface area contributed by atoms with E-state index in [1.54, 1.807) is 24.3 Å². The largest absolute Gasteiger partial charge is 0.362 e. The first-order valence-electron chi connectivity index (χ1n) is 10.1. The van der Waals surface area contributed by atoms with Gasteiger partial charge in [0.1, 0.15) is 0 Å². The van der Waals surface area contributed by atoms with E-state index in [9.17, 15) is 13.2 Å². The molecule has 2 heterocycles. The van der Waals surface area contributed by atoms with E-state index in [0.29, 0.717) is 16.3 Å². The van der Waals surface area contributed by atoms with Crippen molar-refractivity contribution in [2.24, 2.45) is 0 Å². The lowest BCUT2D eigenvalue weighted by Crippen LogP contribution is -2.12. The number of rotatable bonds is 5. The molecule has 0 unspecified atom stereocenters. The molecule has 164 valence electrons. The predicted molar refractivity (Wildman–Crippen MR) is 131 cm³/mol. The van der Waals surface area contributed by atoms with Gasteiger partial charge in [0.25, 0.3) is 15.9 Å². The maximum Gasteiger partial charge on any atom is 0.261 e. The second-order valence-corrected chi connectivity index (χ2v) is 9.66. The van der Waals surface area contributed by atoms with Gasteiger partial charge in [-0.25, -0.2) is 8.42 Å². The number of anilines is 2. The Labute approximate surface area is 196 Å². The van der Waals surface area contributed by atoms with Crippen LogP contribution in [-0.4, -0.2) is 19.3 Å². The van der Waals surface area contributed by atoms with Crippen molar-refractivity contribution in [1.29, 1.82) is 0 Å². The number of aromatic nitrogens is 1. The minimum atomic E-state index is -3.75. The van der Waals surface area contributed by atoms with Crippen LogP contribution >= 0.6 is 11.6 Å². The van der Waals surface area contributed by atoms with Gasteiger partial charge >= 0.3 is 0 Å². The Morgan fingerprint density at radius 3 is 2.39 bits per heavy atom. The van der Waals surface area contributed by atoms with Crippen molar-refractivity contribution < 1.29 is 13.2 Å². The molecule has 5 rings (SSSR count). The number of fused-ring (bicyclic) bond motifs is 1. The number of hydrogen-bond donors (Lipinski definition) is 3. The number of aromatic amines is 1. The summed E-state index contributed by atoms with van der Waals surface area (Å²) in [5.74, 6) is -0.150. The van der Waals surface area contributed by atoms with Gasteiger partial charge in [-0.2, -0.15) is 0 Å². The highest BCUT2D eigenvalue weighted by molar-refractivity contribution is 7.92. The number of nitrogens with one attached hydrogen (secondary N) is 3. The van der Waals surface area contributed by atoms with Crippen LogP contribution < -0.4 is 10.0 Å². The van der Waals surface area contributed by atoms with Crippen molar-refractivity contribution in [3.8, 4) is 11.1 Å². The van der Waals surface area contributed by atoms with Gasteiger partial charge in [0.2, 0.25) is 0 Å². The lowest BCUT2D eigenvalue weighted by atomic mass is 10.00. The summed E-state index contributed by atoms with van der Waals surface area (Å²) in [6.45, 7) is 0. The van der Waals surface area contributed by atoms with Gasteiger partial charge in [0.05, 0.1) is 10.5 Å². The average Bonchev–Trinajstić information content (AvgIpc) is 3.42. The quantitative estimate of drug-likeness (QED) is 0.327. The zero-order chi connectivity index (χ0) is 23.0. The fraction of sp³-hybridized carbons (Fsp3) is 0. The highest BCUT2D eigenvalue weighted by Gasteiger charge is 2.24. The monoisotopic (exact) mass is 475 g/mol. The molecule has 0 saturated carbocycles. The van der Waals surface area contributed by atoms with E-state index in [4.69, 9.17) is 11.6 Å². The average molecular weight is 476 g/mol. The molecule has 0 bridgehead atoms. The van der Waals surface area contributed by atoms with E-state index >= 15 is 0 Å². The lowest BCUT2D eigenvalue weighted by molar-refractivity contribution is -0.110. The Bertz CT molecular complexity index is 1490. The van der Waals surface area contributed by atoms with Crippen LogP contribution in [0.4, 0.5) is 11.4 Å². The maximum atomic E-state index is 12.6. The molecule has 4 aromatic rings. The molecular formula is C25H18ClN3O3S. The Balaban J connectivity index is 1.38. The molecule has 0 saturated heterocycles. The minimum absolute atomic E-state index is 0.0941. The van der Waals surface area contributed by atoms with Crippen LogP contribution in [0.5, 0.6) is 0 Å². The number of halogens is 1. The molecule has 0 fully saturated rings. The second kappa shape index (κ2) is 8.27. The van der Waals surface area contributed by atoms with Gasteiger partial charge in [-0.15, -0.1) is 0 Å². The van der Waals surface area contributed by atoms with Gasteiger partial charge in [0.15, 0.2) is 0 Å². The number of amides is 1. The van der Waals surface area contributed by atoms with Crippen LogP contribution in [0.1, 0.15) is 11.3 Å². The molecular weight excluding hydrogens is 458 g/mol. The number of benzene rings is 3. The normalized spacial score (nSPS) is 14.2. The summed E-state index contributed by atoms with van der Waals surface area (Å²) in [7, 11) is -3.75. The van der Waals surface area contributed by atoms with Crippen molar-refractivity contribution >= 4 is 50.6 Å². The van der Waals surface area contributed by atoms with Crippen molar-refractivity contribution in [2.75, 3.05) is 10.0 Å². The standard InChI is InChI=1S/C25H18ClN3O3S/c26-18-3-1-5-21(14-18)33(31,32)29-19-9-6-16(7-10-19)17-8-11-22-23(15-20-4-2-12-27-20)25(30)28-24(22)13-17/h1-15,27,29H,(H,28,30)/b23-15-. The molecule has 0 radical (unpaired) electrons. The second-order valence-electron chi connectivity index (χ2n) is 7.54. The third-order valence-electron chi connectivity index (χ3n) is 5.30. The molecule has 8 heteroatoms. The van der Waals surface area contributed by atoms with E-state index in [1.165, 1.54) is 12.1 Å². The summed E-state index contributed by atoms with van der Waals surface area (Å²) in [6, 6.07) is 22.7. The Morgan fingerprint density at radius 1 is 0.879 bits per heavy atom. The molecule has 0 aliphatic carbocycles. The van der Waals surface area contributed by atoms with Crippen molar-refractivity contribution in [3.05, 3.63) is 101 Å². The lowest BCUT2D eigenvalue weighted by Gasteiger charge is -2.10. The van der Waals surface area contributed by atoms with Crippen LogP contribution in [0, 0.1) is 0 Å². The number of hydrogen-bond acceptors (Lipinski definition) is 3. The molecule has 6 nitrogen and oxygen atoms in total. The molecule has 0 atom stereocenters. The van der Waals surface area contributed by atoms with Gasteiger partial charge in [-0.3, -0.25) is 9.52 Å². The first-order valence-corrected chi connectivity index (χ1v) is 11.9. The zero-order valence-corrected chi connectivity index (χ0v) is 18.7. The summed E-state index contributed by atoms with van der Waals surface area (Å²) in [4.78, 5) is 15.6. The van der Waals surface area contributed by atoms with Gasteiger partial charge in [-0.1, -0.05) is 41.9 Å². The molecule has 3 N–H and O–H groups in total. The minimum Gasteiger partial charge on any atom is -0.362 e. The van der Waals surface area contributed by atoms with Gasteiger partial charge < -0.3 is 10.3 Å². The summed E-state index contributed by atoms with van der Waals surface area (Å²) >= 11 is 5.91. The van der Waals surface area contributed by atoms with Gasteiger partial charge in [0, 0.05) is 33.9 Å². The molecule has 1 aromatic heterocycles. The van der Waals surface area contributed by atoms with Crippen molar-refractivity contribution in [2.45, 2.75) is 4.90 Å². The third-order valence-corrected chi connectivity index (χ3v) is 6.92. The number of H-pyrrole nitrogens is 1. The highest BCUT2D eigenvalue weighted by atomic mass is 35.5. The smallest absolute Gasteiger partial charge is 0.261 e. The predicted octanol–water partition coefficient (Wildman–Crippen LogP) is 5.63. The zero-order valence-electron chi connectivity index (χ0n) is 17.2. The van der Waals surface area contributed by atoms with E-state index in [1.807, 2.05) is 54.7 Å². The molecule has 1 aliphatic heterocycles. The Morgan fingerprint density at radius 2 is 1.67 bits per heavy atom. The first kappa shape index (κ1) is 21.1. The highest BCUT2D eigenvalue weighted by Crippen LogP contribution is 2.36. The van der Waals surface area contributed by atoms with E-state index in [2.05, 4.69) is 15.0 Å². The summed E-state index contributed by atoms with van der Waals surface area (Å²) in [6.07, 6.45) is 3.63. The van der Waals surface area contributed by atoms with Crippen LogP contribution in [0.2, 0.25) is 5.02 Å². The van der Waals surface area contributed by atoms with Crippen molar-refractivity contribution in [1.82, 2.24) is 4.98 Å². The fourth-order valence-electron chi connectivity index (χ4n) is 3.69. The Kier molecular flexibility index (Phi) is 5.28. The summed E-state index contributed by atoms with van der Waals surface area (Å²) in [5.41, 5.74) is 5.26.